The van der Waals surface area contributed by atoms with Gasteiger partial charge in [-0.15, -0.1) is 0 Å². The fourth-order valence-electron chi connectivity index (χ4n) is 3.52. The lowest BCUT2D eigenvalue weighted by atomic mass is 10.1. The molecule has 0 atom stereocenters. The van der Waals surface area contributed by atoms with E-state index in [9.17, 15) is 18.0 Å². The van der Waals surface area contributed by atoms with Crippen molar-refractivity contribution < 1.29 is 22.7 Å². The Hall–Kier alpha value is -2.94. The molecule has 1 N–H and O–H groups in total. The van der Waals surface area contributed by atoms with Crippen molar-refractivity contribution in [2.24, 2.45) is 4.99 Å². The van der Waals surface area contributed by atoms with Crippen LogP contribution in [0.4, 0.5) is 0 Å². The Morgan fingerprint density at radius 3 is 2.55 bits per heavy atom. The summed E-state index contributed by atoms with van der Waals surface area (Å²) in [5.41, 5.74) is 2.71. The zero-order valence-corrected chi connectivity index (χ0v) is 17.5. The predicted molar refractivity (Wildman–Crippen MR) is 108 cm³/mol. The standard InChI is InChI=1S/C20H23N3O5S/c1-12(2)23-13(3)9-16(14(23)4)17(24)11-28-19(25)10-21-20-15-7-5-6-8-18(15)29(26,27)22-20/h5-9,12H,10-11H2,1-4H3,(H,21,22). The fraction of sp³-hybridized carbons (Fsp3) is 0.350. The first-order chi connectivity index (χ1) is 13.6. The first-order valence-electron chi connectivity index (χ1n) is 9.15. The normalized spacial score (nSPS) is 16.0. The second kappa shape index (κ2) is 7.82. The molecule has 8 nitrogen and oxygen atoms in total. The number of Topliss-reactive ketones (excluding diaryl/α,β-unsaturated/α-hetero) is 1. The number of hydrogen-bond acceptors (Lipinski definition) is 6. The number of nitrogens with one attached hydrogen (secondary N) is 1. The maximum absolute atomic E-state index is 12.4. The van der Waals surface area contributed by atoms with Gasteiger partial charge in [0.1, 0.15) is 12.4 Å². The maximum atomic E-state index is 12.4. The summed E-state index contributed by atoms with van der Waals surface area (Å²) in [6, 6.07) is 8.36. The molecule has 0 unspecified atom stereocenters. The van der Waals surface area contributed by atoms with Gasteiger partial charge in [0.2, 0.25) is 5.78 Å². The molecule has 0 bridgehead atoms. The average molecular weight is 417 g/mol. The molecule has 3 rings (SSSR count). The minimum absolute atomic E-state index is 0.0874. The molecule has 1 aromatic carbocycles. The van der Waals surface area contributed by atoms with Crippen molar-refractivity contribution in [2.45, 2.75) is 38.6 Å². The third-order valence-corrected chi connectivity index (χ3v) is 6.09. The molecule has 29 heavy (non-hydrogen) atoms. The smallest absolute Gasteiger partial charge is 0.328 e. The zero-order valence-electron chi connectivity index (χ0n) is 16.7. The number of nitrogens with zero attached hydrogens (tertiary/aromatic N) is 2. The number of aromatic nitrogens is 1. The molecule has 0 aliphatic carbocycles. The molecular formula is C20H23N3O5S. The van der Waals surface area contributed by atoms with Crippen LogP contribution in [0.5, 0.6) is 0 Å². The van der Waals surface area contributed by atoms with Crippen molar-refractivity contribution >= 4 is 27.6 Å². The second-order valence-corrected chi connectivity index (χ2v) is 8.75. The zero-order chi connectivity index (χ0) is 21.3. The van der Waals surface area contributed by atoms with E-state index in [0.29, 0.717) is 11.1 Å². The molecule has 154 valence electrons. The average Bonchev–Trinajstić information content (AvgIpc) is 3.11. The maximum Gasteiger partial charge on any atom is 0.328 e. The Bertz CT molecular complexity index is 1110. The number of benzene rings is 1. The van der Waals surface area contributed by atoms with E-state index in [1.54, 1.807) is 24.3 Å². The number of sulfonamides is 1. The first kappa shape index (κ1) is 20.8. The molecule has 0 saturated carbocycles. The number of hydrogen-bond donors (Lipinski definition) is 1. The lowest BCUT2D eigenvalue weighted by Crippen LogP contribution is -2.24. The van der Waals surface area contributed by atoms with Crippen LogP contribution in [0.15, 0.2) is 40.2 Å². The van der Waals surface area contributed by atoms with E-state index in [4.69, 9.17) is 4.74 Å². The number of ether oxygens (including phenoxy) is 1. The van der Waals surface area contributed by atoms with Crippen LogP contribution in [0, 0.1) is 13.8 Å². The second-order valence-electron chi connectivity index (χ2n) is 7.10. The van der Waals surface area contributed by atoms with Gasteiger partial charge in [0.15, 0.2) is 6.61 Å². The molecule has 1 aliphatic heterocycles. The lowest BCUT2D eigenvalue weighted by molar-refractivity contribution is -0.140. The molecule has 0 radical (unpaired) electrons. The van der Waals surface area contributed by atoms with E-state index in [1.807, 2.05) is 32.3 Å². The van der Waals surface area contributed by atoms with Gasteiger partial charge in [0.25, 0.3) is 10.0 Å². The summed E-state index contributed by atoms with van der Waals surface area (Å²) in [6.45, 7) is 7.05. The van der Waals surface area contributed by atoms with Crippen molar-refractivity contribution in [3.05, 3.63) is 52.8 Å². The number of aliphatic imine (C=N–C) groups is 1. The van der Waals surface area contributed by atoms with Crippen molar-refractivity contribution in [2.75, 3.05) is 13.2 Å². The minimum Gasteiger partial charge on any atom is -0.456 e. The van der Waals surface area contributed by atoms with Gasteiger partial charge in [-0.1, -0.05) is 12.1 Å². The Morgan fingerprint density at radius 2 is 1.90 bits per heavy atom. The van der Waals surface area contributed by atoms with Crippen molar-refractivity contribution in [3.63, 3.8) is 0 Å². The van der Waals surface area contributed by atoms with Crippen LogP contribution in [-0.2, 0) is 19.6 Å². The van der Waals surface area contributed by atoms with Crippen LogP contribution >= 0.6 is 0 Å². The Labute approximate surface area is 169 Å². The van der Waals surface area contributed by atoms with Crippen LogP contribution in [-0.4, -0.2) is 43.7 Å². The van der Waals surface area contributed by atoms with E-state index in [0.717, 1.165) is 11.4 Å². The number of esters is 1. The van der Waals surface area contributed by atoms with Crippen LogP contribution in [0.1, 0.15) is 47.2 Å². The van der Waals surface area contributed by atoms with Gasteiger partial charge in [-0.25, -0.2) is 8.42 Å². The van der Waals surface area contributed by atoms with E-state index in [2.05, 4.69) is 9.71 Å². The van der Waals surface area contributed by atoms with Gasteiger partial charge in [-0.2, -0.15) is 0 Å². The van der Waals surface area contributed by atoms with Crippen LogP contribution in [0.25, 0.3) is 0 Å². The Balaban J connectivity index is 1.64. The van der Waals surface area contributed by atoms with Crippen LogP contribution in [0.2, 0.25) is 0 Å². The van der Waals surface area contributed by atoms with Crippen LogP contribution in [0.3, 0.4) is 0 Å². The minimum atomic E-state index is -3.67. The molecule has 1 aliphatic rings. The number of aryl methyl sites for hydroxylation is 1. The quantitative estimate of drug-likeness (QED) is 0.572. The SMILES string of the molecule is Cc1cc(C(=O)COC(=O)CN=C2NS(=O)(=O)c3ccccc32)c(C)n1C(C)C. The number of carbonyl (C=O) groups excluding carboxylic acids is 2. The third-order valence-electron chi connectivity index (χ3n) is 4.69. The van der Waals surface area contributed by atoms with Gasteiger partial charge < -0.3 is 9.30 Å². The van der Waals surface area contributed by atoms with Crippen molar-refractivity contribution in [1.82, 2.24) is 9.29 Å². The lowest BCUT2D eigenvalue weighted by Gasteiger charge is -2.13. The Morgan fingerprint density at radius 1 is 1.21 bits per heavy atom. The summed E-state index contributed by atoms with van der Waals surface area (Å²) in [7, 11) is -3.67. The van der Waals surface area contributed by atoms with E-state index in [1.165, 1.54) is 6.07 Å². The summed E-state index contributed by atoms with van der Waals surface area (Å²) < 4.78 is 33.5. The third kappa shape index (κ3) is 4.09. The highest BCUT2D eigenvalue weighted by Crippen LogP contribution is 2.22. The molecule has 0 fully saturated rings. The van der Waals surface area contributed by atoms with E-state index >= 15 is 0 Å². The summed E-state index contributed by atoms with van der Waals surface area (Å²) in [4.78, 5) is 28.6. The highest BCUT2D eigenvalue weighted by molar-refractivity contribution is 7.90. The number of ketones is 1. The van der Waals surface area contributed by atoms with Crippen molar-refractivity contribution in [1.29, 1.82) is 0 Å². The highest BCUT2D eigenvalue weighted by Gasteiger charge is 2.30. The summed E-state index contributed by atoms with van der Waals surface area (Å²) in [5.74, 6) is -0.922. The molecule has 1 aromatic heterocycles. The molecule has 2 heterocycles. The Kier molecular flexibility index (Phi) is 5.61. The molecule has 9 heteroatoms. The fourth-order valence-corrected chi connectivity index (χ4v) is 4.77. The first-order valence-corrected chi connectivity index (χ1v) is 10.6. The molecule has 0 saturated heterocycles. The van der Waals surface area contributed by atoms with Crippen molar-refractivity contribution in [3.8, 4) is 0 Å². The summed E-state index contributed by atoms with van der Waals surface area (Å²) in [5, 5.41) is 0. The van der Waals surface area contributed by atoms with Gasteiger partial charge in [-0.05, 0) is 45.9 Å². The monoisotopic (exact) mass is 417 g/mol. The topological polar surface area (TPSA) is 107 Å². The van der Waals surface area contributed by atoms with Gasteiger partial charge in [0, 0.05) is 28.6 Å². The molecule has 2 aromatic rings. The molecule has 0 spiro atoms. The van der Waals surface area contributed by atoms with Gasteiger partial charge >= 0.3 is 5.97 Å². The number of fused-ring (bicyclic) bond motifs is 1. The molecule has 0 amide bonds. The van der Waals surface area contributed by atoms with E-state index in [-0.39, 0.29) is 22.6 Å². The van der Waals surface area contributed by atoms with Gasteiger partial charge in [0.05, 0.1) is 4.90 Å². The van der Waals surface area contributed by atoms with Gasteiger partial charge in [-0.3, -0.25) is 19.3 Å². The van der Waals surface area contributed by atoms with Crippen LogP contribution < -0.4 is 4.72 Å². The number of rotatable bonds is 6. The van der Waals surface area contributed by atoms with E-state index < -0.39 is 29.1 Å². The number of amidine groups is 1. The highest BCUT2D eigenvalue weighted by atomic mass is 32.2. The largest absolute Gasteiger partial charge is 0.456 e. The predicted octanol–water partition coefficient (Wildman–Crippen LogP) is 2.15. The summed E-state index contributed by atoms with van der Waals surface area (Å²) >= 11 is 0. The summed E-state index contributed by atoms with van der Waals surface area (Å²) in [6.07, 6.45) is 0. The molecular weight excluding hydrogens is 394 g/mol. The number of carbonyl (C=O) groups is 2.